The second kappa shape index (κ2) is 11.4. The summed E-state index contributed by atoms with van der Waals surface area (Å²) in [6.07, 6.45) is 1.42. The predicted molar refractivity (Wildman–Crippen MR) is 81.4 cm³/mol. The lowest BCUT2D eigenvalue weighted by Gasteiger charge is -2.09. The number of hydrogen-bond donors (Lipinski definition) is 0. The van der Waals surface area contributed by atoms with Crippen molar-refractivity contribution in [2.75, 3.05) is 39.4 Å². The summed E-state index contributed by atoms with van der Waals surface area (Å²) in [4.78, 5) is 0. The van der Waals surface area contributed by atoms with Gasteiger partial charge in [0.2, 0.25) is 0 Å². The van der Waals surface area contributed by atoms with E-state index in [0.717, 1.165) is 6.42 Å². The van der Waals surface area contributed by atoms with Crippen LogP contribution in [0.2, 0.25) is 0 Å². The SMILES string of the molecule is COCCCOCCOc1cc(F)ccc1C#CCCCl. The molecule has 0 unspecified atom stereocenters. The first-order valence-corrected chi connectivity index (χ1v) is 7.35. The highest BCUT2D eigenvalue weighted by atomic mass is 35.5. The molecule has 0 bridgehead atoms. The van der Waals surface area contributed by atoms with Gasteiger partial charge in [0.15, 0.2) is 0 Å². The molecule has 0 spiro atoms. The van der Waals surface area contributed by atoms with Crippen molar-refractivity contribution in [3.8, 4) is 17.6 Å². The van der Waals surface area contributed by atoms with E-state index in [-0.39, 0.29) is 5.82 Å². The maximum atomic E-state index is 13.3. The minimum Gasteiger partial charge on any atom is -0.490 e. The number of hydrogen-bond acceptors (Lipinski definition) is 3. The van der Waals surface area contributed by atoms with Crippen LogP contribution in [-0.4, -0.2) is 39.4 Å². The van der Waals surface area contributed by atoms with Gasteiger partial charge in [0.25, 0.3) is 0 Å². The van der Waals surface area contributed by atoms with Crippen LogP contribution in [0.25, 0.3) is 0 Å². The first kappa shape index (κ1) is 17.8. The van der Waals surface area contributed by atoms with Crippen LogP contribution in [0.15, 0.2) is 18.2 Å². The molecular formula is C16H20ClFO3. The Morgan fingerprint density at radius 2 is 2.05 bits per heavy atom. The Morgan fingerprint density at radius 3 is 2.81 bits per heavy atom. The van der Waals surface area contributed by atoms with E-state index in [4.69, 9.17) is 25.8 Å². The zero-order valence-corrected chi connectivity index (χ0v) is 12.9. The fourth-order valence-electron chi connectivity index (χ4n) is 1.54. The molecule has 5 heteroatoms. The molecule has 0 atom stereocenters. The molecular weight excluding hydrogens is 295 g/mol. The molecule has 0 N–H and O–H groups in total. The van der Waals surface area contributed by atoms with Crippen molar-refractivity contribution in [2.45, 2.75) is 12.8 Å². The van der Waals surface area contributed by atoms with Crippen molar-refractivity contribution in [3.05, 3.63) is 29.6 Å². The van der Waals surface area contributed by atoms with Gasteiger partial charge in [0.1, 0.15) is 18.2 Å². The average molecular weight is 315 g/mol. The van der Waals surface area contributed by atoms with E-state index >= 15 is 0 Å². The Kier molecular flexibility index (Phi) is 9.64. The van der Waals surface area contributed by atoms with Gasteiger partial charge in [-0.3, -0.25) is 0 Å². The molecule has 0 radical (unpaired) electrons. The Labute approximate surface area is 130 Å². The normalized spacial score (nSPS) is 10.0. The molecule has 116 valence electrons. The number of methoxy groups -OCH3 is 1. The largest absolute Gasteiger partial charge is 0.490 e. The standard InChI is InChI=1S/C16H20ClFO3/c1-19-9-4-10-20-11-12-21-16-13-15(18)7-6-14(16)5-2-3-8-17/h6-7,13H,3-4,8-12H2,1H3. The molecule has 0 saturated carbocycles. The maximum absolute atomic E-state index is 13.3. The highest BCUT2D eigenvalue weighted by molar-refractivity contribution is 6.18. The van der Waals surface area contributed by atoms with Crippen molar-refractivity contribution < 1.29 is 18.6 Å². The molecule has 0 saturated heterocycles. The molecule has 21 heavy (non-hydrogen) atoms. The Balaban J connectivity index is 2.42. The second-order valence-corrected chi connectivity index (χ2v) is 4.57. The van der Waals surface area contributed by atoms with Gasteiger partial charge in [0, 0.05) is 38.7 Å². The monoisotopic (exact) mass is 314 g/mol. The molecule has 1 rings (SSSR count). The predicted octanol–water partition coefficient (Wildman–Crippen LogP) is 3.24. The lowest BCUT2D eigenvalue weighted by molar-refractivity contribution is 0.0805. The van der Waals surface area contributed by atoms with Gasteiger partial charge in [-0.05, 0) is 18.6 Å². The van der Waals surface area contributed by atoms with Crippen LogP contribution in [0.5, 0.6) is 5.75 Å². The molecule has 0 aliphatic rings. The number of halogens is 2. The van der Waals surface area contributed by atoms with Crippen LogP contribution in [0.1, 0.15) is 18.4 Å². The molecule has 0 amide bonds. The smallest absolute Gasteiger partial charge is 0.137 e. The minimum atomic E-state index is -0.353. The summed E-state index contributed by atoms with van der Waals surface area (Å²) in [5.74, 6) is 6.38. The summed E-state index contributed by atoms with van der Waals surface area (Å²) in [6.45, 7) is 2.07. The second-order valence-electron chi connectivity index (χ2n) is 4.19. The number of benzene rings is 1. The quantitative estimate of drug-likeness (QED) is 0.398. The summed E-state index contributed by atoms with van der Waals surface area (Å²) in [5, 5.41) is 0. The average Bonchev–Trinajstić information content (AvgIpc) is 2.48. The van der Waals surface area contributed by atoms with Gasteiger partial charge in [0.05, 0.1) is 12.2 Å². The van der Waals surface area contributed by atoms with Gasteiger partial charge in [-0.25, -0.2) is 4.39 Å². The first-order valence-electron chi connectivity index (χ1n) is 6.81. The molecule has 0 fully saturated rings. The molecule has 3 nitrogen and oxygen atoms in total. The Hall–Kier alpha value is -1.28. The van der Waals surface area contributed by atoms with E-state index in [9.17, 15) is 4.39 Å². The third kappa shape index (κ3) is 7.91. The van der Waals surface area contributed by atoms with Crippen LogP contribution >= 0.6 is 11.6 Å². The fraction of sp³-hybridized carbons (Fsp3) is 0.500. The van der Waals surface area contributed by atoms with Crippen LogP contribution in [0.3, 0.4) is 0 Å². The van der Waals surface area contributed by atoms with Gasteiger partial charge in [-0.15, -0.1) is 11.6 Å². The van der Waals surface area contributed by atoms with E-state index in [1.54, 1.807) is 13.2 Å². The maximum Gasteiger partial charge on any atom is 0.137 e. The summed E-state index contributed by atoms with van der Waals surface area (Å²) in [7, 11) is 1.65. The van der Waals surface area contributed by atoms with E-state index in [0.29, 0.717) is 50.0 Å². The van der Waals surface area contributed by atoms with E-state index in [2.05, 4.69) is 11.8 Å². The van der Waals surface area contributed by atoms with Gasteiger partial charge in [-0.1, -0.05) is 11.8 Å². The van der Waals surface area contributed by atoms with Gasteiger partial charge < -0.3 is 14.2 Å². The lowest BCUT2D eigenvalue weighted by atomic mass is 10.2. The number of rotatable bonds is 9. The molecule has 0 aliphatic carbocycles. The zero-order valence-electron chi connectivity index (χ0n) is 12.2. The molecule has 0 aliphatic heterocycles. The molecule has 1 aromatic rings. The van der Waals surface area contributed by atoms with Gasteiger partial charge >= 0.3 is 0 Å². The van der Waals surface area contributed by atoms with E-state index in [1.807, 2.05) is 0 Å². The number of alkyl halides is 1. The highest BCUT2D eigenvalue weighted by Crippen LogP contribution is 2.19. The summed E-state index contributed by atoms with van der Waals surface area (Å²) in [6, 6.07) is 4.29. The van der Waals surface area contributed by atoms with E-state index in [1.165, 1.54) is 12.1 Å². The van der Waals surface area contributed by atoms with Crippen LogP contribution < -0.4 is 4.74 Å². The summed E-state index contributed by atoms with van der Waals surface area (Å²) >= 11 is 5.57. The zero-order chi connectivity index (χ0) is 15.3. The Bertz CT molecular complexity index is 468. The topological polar surface area (TPSA) is 27.7 Å². The molecule has 0 aromatic heterocycles. The highest BCUT2D eigenvalue weighted by Gasteiger charge is 2.03. The van der Waals surface area contributed by atoms with Crippen molar-refractivity contribution in [3.63, 3.8) is 0 Å². The van der Waals surface area contributed by atoms with Gasteiger partial charge in [-0.2, -0.15) is 0 Å². The van der Waals surface area contributed by atoms with Crippen molar-refractivity contribution >= 4 is 11.6 Å². The summed E-state index contributed by atoms with van der Waals surface area (Å²) < 4.78 is 29.1. The van der Waals surface area contributed by atoms with Crippen LogP contribution in [0, 0.1) is 17.7 Å². The number of ether oxygens (including phenoxy) is 3. The van der Waals surface area contributed by atoms with Crippen molar-refractivity contribution in [2.24, 2.45) is 0 Å². The lowest BCUT2D eigenvalue weighted by Crippen LogP contribution is -2.09. The third-order valence-corrected chi connectivity index (χ3v) is 2.70. The van der Waals surface area contributed by atoms with Crippen molar-refractivity contribution in [1.82, 2.24) is 0 Å². The third-order valence-electron chi connectivity index (χ3n) is 2.51. The van der Waals surface area contributed by atoms with Crippen LogP contribution in [0.4, 0.5) is 4.39 Å². The molecule has 1 aromatic carbocycles. The first-order chi connectivity index (χ1) is 10.3. The molecule has 0 heterocycles. The minimum absolute atomic E-state index is 0.348. The van der Waals surface area contributed by atoms with Crippen LogP contribution in [-0.2, 0) is 9.47 Å². The van der Waals surface area contributed by atoms with E-state index < -0.39 is 0 Å². The summed E-state index contributed by atoms with van der Waals surface area (Å²) in [5.41, 5.74) is 0.654. The van der Waals surface area contributed by atoms with Crippen molar-refractivity contribution in [1.29, 1.82) is 0 Å². The fourth-order valence-corrected chi connectivity index (χ4v) is 1.64. The Morgan fingerprint density at radius 1 is 1.19 bits per heavy atom.